The van der Waals surface area contributed by atoms with Crippen LogP contribution in [0.2, 0.25) is 0 Å². The molecule has 29 heavy (non-hydrogen) atoms. The molecule has 1 heterocycles. The van der Waals surface area contributed by atoms with E-state index in [0.29, 0.717) is 0 Å². The molecular weight excluding hydrogens is 475 g/mol. The third-order valence-corrected chi connectivity index (χ3v) is 7.25. The van der Waals surface area contributed by atoms with E-state index in [1.165, 1.54) is 19.1 Å². The van der Waals surface area contributed by atoms with Gasteiger partial charge in [0, 0.05) is 21.6 Å². The Morgan fingerprint density at radius 1 is 1.21 bits per heavy atom. The maximum atomic E-state index is 15.1. The fourth-order valence-electron chi connectivity index (χ4n) is 3.04. The minimum absolute atomic E-state index is 0.0175. The molecular formula is C19H17BrF3NO4S. The summed E-state index contributed by atoms with van der Waals surface area (Å²) in [5, 5.41) is 2.27. The van der Waals surface area contributed by atoms with Crippen LogP contribution in [0.3, 0.4) is 0 Å². The number of benzene rings is 2. The van der Waals surface area contributed by atoms with Crippen molar-refractivity contribution in [1.29, 1.82) is 0 Å². The van der Waals surface area contributed by atoms with Crippen molar-refractivity contribution < 1.29 is 31.1 Å². The van der Waals surface area contributed by atoms with Gasteiger partial charge in [-0.2, -0.15) is 0 Å². The van der Waals surface area contributed by atoms with E-state index >= 15 is 4.39 Å². The van der Waals surface area contributed by atoms with Crippen LogP contribution in [-0.4, -0.2) is 33.3 Å². The molecule has 3 rings (SSSR count). The lowest BCUT2D eigenvalue weighted by Crippen LogP contribution is -2.45. The van der Waals surface area contributed by atoms with E-state index < -0.39 is 49.1 Å². The first-order valence-corrected chi connectivity index (χ1v) is 10.9. The van der Waals surface area contributed by atoms with Crippen LogP contribution < -0.4 is 5.32 Å². The number of sulfone groups is 1. The standard InChI is InChI=1S/C19H17BrF3NO4S/c1-10-5-11(6-13(21)16(10)22)24-18(25)15-12(20)3-4-14(17(15)23)29(26,27)9-19(2)7-28-8-19/h3-6H,7-9H2,1-2H3,(H,24,25). The molecule has 1 amide bonds. The summed E-state index contributed by atoms with van der Waals surface area (Å²) in [5.41, 5.74) is -1.31. The molecule has 5 nitrogen and oxygen atoms in total. The van der Waals surface area contributed by atoms with Crippen LogP contribution in [0.25, 0.3) is 0 Å². The number of hydrogen-bond donors (Lipinski definition) is 1. The molecule has 2 aromatic carbocycles. The van der Waals surface area contributed by atoms with Gasteiger partial charge in [0.1, 0.15) is 4.90 Å². The van der Waals surface area contributed by atoms with E-state index in [1.54, 1.807) is 6.92 Å². The molecule has 156 valence electrons. The lowest BCUT2D eigenvalue weighted by molar-refractivity contribution is -0.0870. The topological polar surface area (TPSA) is 72.5 Å². The number of hydrogen-bond acceptors (Lipinski definition) is 4. The van der Waals surface area contributed by atoms with Crippen molar-refractivity contribution in [3.8, 4) is 0 Å². The van der Waals surface area contributed by atoms with Gasteiger partial charge in [0.15, 0.2) is 27.3 Å². The van der Waals surface area contributed by atoms with Crippen molar-refractivity contribution >= 4 is 37.4 Å². The number of carbonyl (C=O) groups is 1. The van der Waals surface area contributed by atoms with Gasteiger partial charge in [-0.3, -0.25) is 4.79 Å². The van der Waals surface area contributed by atoms with Gasteiger partial charge in [-0.05, 0) is 46.6 Å². The largest absolute Gasteiger partial charge is 0.380 e. The summed E-state index contributed by atoms with van der Waals surface area (Å²) in [6.45, 7) is 3.51. The smallest absolute Gasteiger partial charge is 0.259 e. The van der Waals surface area contributed by atoms with Crippen molar-refractivity contribution in [3.63, 3.8) is 0 Å². The van der Waals surface area contributed by atoms with Crippen LogP contribution in [0.15, 0.2) is 33.6 Å². The van der Waals surface area contributed by atoms with Gasteiger partial charge in [-0.25, -0.2) is 21.6 Å². The fourth-order valence-corrected chi connectivity index (χ4v) is 5.42. The highest BCUT2D eigenvalue weighted by Gasteiger charge is 2.40. The number of anilines is 1. The van der Waals surface area contributed by atoms with Gasteiger partial charge >= 0.3 is 0 Å². The Morgan fingerprint density at radius 2 is 1.86 bits per heavy atom. The quantitative estimate of drug-likeness (QED) is 0.678. The van der Waals surface area contributed by atoms with Gasteiger partial charge in [-0.15, -0.1) is 0 Å². The van der Waals surface area contributed by atoms with Gasteiger partial charge < -0.3 is 10.1 Å². The molecule has 1 N–H and O–H groups in total. The predicted octanol–water partition coefficient (Wildman–Crippen LogP) is 4.24. The summed E-state index contributed by atoms with van der Waals surface area (Å²) in [7, 11) is -4.04. The van der Waals surface area contributed by atoms with E-state index in [-0.39, 0.29) is 34.7 Å². The first-order valence-electron chi connectivity index (χ1n) is 8.49. The summed E-state index contributed by atoms with van der Waals surface area (Å²) in [5.74, 6) is -4.79. The normalized spacial score (nSPS) is 15.7. The Morgan fingerprint density at radius 3 is 2.41 bits per heavy atom. The summed E-state index contributed by atoms with van der Waals surface area (Å²) in [4.78, 5) is 12.0. The zero-order valence-electron chi connectivity index (χ0n) is 15.5. The van der Waals surface area contributed by atoms with Crippen molar-refractivity contribution in [2.45, 2.75) is 18.7 Å². The summed E-state index contributed by atoms with van der Waals surface area (Å²) >= 11 is 3.04. The predicted molar refractivity (Wildman–Crippen MR) is 104 cm³/mol. The molecule has 10 heteroatoms. The monoisotopic (exact) mass is 491 g/mol. The summed E-state index contributed by atoms with van der Waals surface area (Å²) in [6.07, 6.45) is 0. The highest BCUT2D eigenvalue weighted by atomic mass is 79.9. The maximum Gasteiger partial charge on any atom is 0.259 e. The van der Waals surface area contributed by atoms with Gasteiger partial charge in [0.25, 0.3) is 5.91 Å². The first kappa shape index (κ1) is 21.8. The molecule has 1 saturated heterocycles. The molecule has 1 fully saturated rings. The molecule has 0 radical (unpaired) electrons. The maximum absolute atomic E-state index is 15.1. The van der Waals surface area contributed by atoms with Crippen molar-refractivity contribution in [2.24, 2.45) is 5.41 Å². The van der Waals surface area contributed by atoms with Crippen LogP contribution in [0.5, 0.6) is 0 Å². The lowest BCUT2D eigenvalue weighted by Gasteiger charge is -2.37. The molecule has 2 aromatic rings. The minimum atomic E-state index is -4.04. The Kier molecular flexibility index (Phi) is 5.81. The molecule has 0 bridgehead atoms. The van der Waals surface area contributed by atoms with Crippen molar-refractivity contribution in [2.75, 3.05) is 24.3 Å². The van der Waals surface area contributed by atoms with Gasteiger partial charge in [-0.1, -0.05) is 6.92 Å². The number of ether oxygens (including phenoxy) is 1. The third kappa shape index (κ3) is 4.34. The first-order chi connectivity index (χ1) is 13.4. The van der Waals surface area contributed by atoms with E-state index in [4.69, 9.17) is 4.74 Å². The number of amides is 1. The molecule has 0 unspecified atom stereocenters. The zero-order valence-corrected chi connectivity index (χ0v) is 17.9. The van der Waals surface area contributed by atoms with Crippen LogP contribution >= 0.6 is 15.9 Å². The third-order valence-electron chi connectivity index (χ3n) is 4.53. The molecule has 0 aliphatic carbocycles. The molecule has 1 aliphatic heterocycles. The van der Waals surface area contributed by atoms with E-state index in [9.17, 15) is 22.0 Å². The highest BCUT2D eigenvalue weighted by molar-refractivity contribution is 9.10. The Bertz CT molecular complexity index is 1080. The van der Waals surface area contributed by atoms with Gasteiger partial charge in [0.05, 0.1) is 24.5 Å². The Labute approximate surface area is 174 Å². The number of carbonyl (C=O) groups excluding carboxylic acids is 1. The van der Waals surface area contributed by atoms with Crippen molar-refractivity contribution in [3.05, 3.63) is 57.3 Å². The highest BCUT2D eigenvalue weighted by Crippen LogP contribution is 2.33. The summed E-state index contributed by atoms with van der Waals surface area (Å²) < 4.78 is 72.5. The van der Waals surface area contributed by atoms with E-state index in [0.717, 1.165) is 12.1 Å². The Balaban J connectivity index is 1.95. The second kappa shape index (κ2) is 7.73. The average molecular weight is 492 g/mol. The fraction of sp³-hybridized carbons (Fsp3) is 0.316. The van der Waals surface area contributed by atoms with E-state index in [2.05, 4.69) is 21.2 Å². The number of nitrogens with one attached hydrogen (secondary N) is 1. The molecule has 0 aromatic heterocycles. The van der Waals surface area contributed by atoms with Crippen LogP contribution in [0, 0.1) is 29.8 Å². The average Bonchev–Trinajstić information content (AvgIpc) is 2.57. The second-order valence-electron chi connectivity index (χ2n) is 7.34. The van der Waals surface area contributed by atoms with Crippen molar-refractivity contribution in [1.82, 2.24) is 0 Å². The molecule has 1 aliphatic rings. The summed E-state index contributed by atoms with van der Waals surface area (Å²) in [6, 6.07) is 4.27. The number of aryl methyl sites for hydroxylation is 1. The molecule has 0 atom stereocenters. The number of rotatable bonds is 5. The molecule has 0 saturated carbocycles. The van der Waals surface area contributed by atoms with Crippen LogP contribution in [0.4, 0.5) is 18.9 Å². The van der Waals surface area contributed by atoms with Gasteiger partial charge in [0.2, 0.25) is 0 Å². The Hall–Kier alpha value is -1.91. The zero-order chi connectivity index (χ0) is 21.6. The van der Waals surface area contributed by atoms with Crippen LogP contribution in [0.1, 0.15) is 22.8 Å². The SMILES string of the molecule is Cc1cc(NC(=O)c2c(Br)ccc(S(=O)(=O)CC3(C)COC3)c2F)cc(F)c1F. The molecule has 0 spiro atoms. The minimum Gasteiger partial charge on any atom is -0.380 e. The second-order valence-corrected chi connectivity index (χ2v) is 10.2. The van der Waals surface area contributed by atoms with E-state index in [1.807, 2.05) is 0 Å². The van der Waals surface area contributed by atoms with Crippen LogP contribution in [-0.2, 0) is 14.6 Å². The number of halogens is 4. The lowest BCUT2D eigenvalue weighted by atomic mass is 9.92.